The minimum atomic E-state index is 0. The second kappa shape index (κ2) is 55.3. The highest BCUT2D eigenvalue weighted by Crippen LogP contribution is 2.31. The maximum absolute atomic E-state index is 4.94. The largest absolute Gasteiger partial charge is 0.355 e. The van der Waals surface area contributed by atoms with Crippen LogP contribution >= 0.6 is 0 Å². The molecule has 0 atom stereocenters. The molecule has 10 heterocycles. The predicted molar refractivity (Wildman–Crippen MR) is 411 cm³/mol. The van der Waals surface area contributed by atoms with Crippen LogP contribution in [0.15, 0.2) is 72.8 Å². The molecule has 6 aromatic rings. The van der Waals surface area contributed by atoms with Crippen LogP contribution in [0.1, 0.15) is 291 Å². The molecule has 0 aromatic carbocycles. The summed E-state index contributed by atoms with van der Waals surface area (Å²) in [5.74, 6) is 0. The van der Waals surface area contributed by atoms with Crippen LogP contribution in [0.3, 0.4) is 0 Å². The van der Waals surface area contributed by atoms with Crippen molar-refractivity contribution in [3.05, 3.63) is 141 Å². The Hall–Kier alpha value is -6.28. The van der Waals surface area contributed by atoms with Gasteiger partial charge in [0.15, 0.2) is 0 Å². The van der Waals surface area contributed by atoms with Gasteiger partial charge in [-0.25, -0.2) is 9.97 Å². The van der Waals surface area contributed by atoms with Gasteiger partial charge in [0.05, 0.1) is 22.8 Å². The maximum atomic E-state index is 4.94. The number of hydrogen-bond acceptors (Lipinski definition) is 4. The van der Waals surface area contributed by atoms with E-state index in [-0.39, 0.29) is 223 Å². The van der Waals surface area contributed by atoms with Crippen molar-refractivity contribution in [2.45, 2.75) is 274 Å². The van der Waals surface area contributed by atoms with E-state index in [2.05, 4.69) is 117 Å². The van der Waals surface area contributed by atoms with Crippen LogP contribution in [0.5, 0.6) is 0 Å². The van der Waals surface area contributed by atoms with Gasteiger partial charge in [0.1, 0.15) is 0 Å². The van der Waals surface area contributed by atoms with Gasteiger partial charge in [-0.3, -0.25) is 9.97 Å². The molecule has 0 saturated carbocycles. The van der Waals surface area contributed by atoms with E-state index < -0.39 is 0 Å². The van der Waals surface area contributed by atoms with E-state index in [1.165, 1.54) is 44.7 Å². The van der Waals surface area contributed by atoms with E-state index in [1.807, 2.05) is 0 Å². The lowest BCUT2D eigenvalue weighted by atomic mass is 10.1. The fourth-order valence-electron chi connectivity index (χ4n) is 8.49. The lowest BCUT2D eigenvalue weighted by Gasteiger charge is -1.95. The standard InChI is InChI=1S/2C22H18N4.30CH4/c2*1-7-20-21-8-6-18(25-21)11-16-3-2-14(23-16)10-15-4-5-17(24-15)12-19-9-13(1)22(20)26-19;;;;;;;;;;;;;;;;;;;;;;;;;;;;;;/h2*2-5,9-12,24,26H,1,6-8H2;30*1H4. The highest BCUT2D eigenvalue weighted by atomic mass is 14.8. The number of nitrogens with zero attached hydrogens (tertiary/aromatic N) is 4. The molecule has 0 spiro atoms. The Labute approximate surface area is 520 Å². The van der Waals surface area contributed by atoms with Gasteiger partial charge in [0.2, 0.25) is 0 Å². The van der Waals surface area contributed by atoms with Crippen LogP contribution in [0.2, 0.25) is 0 Å². The van der Waals surface area contributed by atoms with E-state index in [4.69, 9.17) is 19.9 Å². The molecule has 8 nitrogen and oxygen atoms in total. The zero-order chi connectivity index (χ0) is 34.2. The molecule has 8 heteroatoms. The summed E-state index contributed by atoms with van der Waals surface area (Å²) in [5.41, 5.74) is 23.5. The first-order chi connectivity index (χ1) is 25.6. The van der Waals surface area contributed by atoms with Crippen molar-refractivity contribution >= 4 is 68.4 Å². The molecule has 6 aromatic heterocycles. The predicted octanol–water partition coefficient (Wildman–Crippen LogP) is 27.8. The Morgan fingerprint density at radius 2 is 0.500 bits per heavy atom. The van der Waals surface area contributed by atoms with Crippen LogP contribution in [0.25, 0.3) is 68.4 Å². The van der Waals surface area contributed by atoms with Crippen molar-refractivity contribution in [1.82, 2.24) is 39.9 Å². The van der Waals surface area contributed by atoms with Crippen LogP contribution in [-0.2, 0) is 51.4 Å². The van der Waals surface area contributed by atoms with Crippen molar-refractivity contribution in [2.24, 2.45) is 0 Å². The zero-order valence-electron chi connectivity index (χ0n) is 28.7. The van der Waals surface area contributed by atoms with E-state index >= 15 is 0 Å². The summed E-state index contributed by atoms with van der Waals surface area (Å²) in [6, 6.07) is 25.7. The van der Waals surface area contributed by atoms with Gasteiger partial charge in [0.25, 0.3) is 0 Å². The Morgan fingerprint density at radius 1 is 0.232 bits per heavy atom. The number of H-pyrrole nitrogens is 4. The SMILES string of the molecule is C.C.C.C.C.C.C.C.C.C.C.C.C.C.C.C.C.C.C.C.C.C.C.C.C.C.C.C.C.C.C1=Cc2cc3ccc(cc4cc5c([nH]4)c(c4nc(cc1n2)CC4)CC5)[nH]3.C1=Cc2cc3ccc(cc4cc5c([nH]4)c(c4nc(cc1n2)CC4)CC5)[nH]3. The first-order valence-electron chi connectivity index (χ1n) is 18.4. The second-order valence-electron chi connectivity index (χ2n) is 14.5. The Kier molecular flexibility index (Phi) is 91.8. The lowest BCUT2D eigenvalue weighted by molar-refractivity contribution is 0.960. The summed E-state index contributed by atoms with van der Waals surface area (Å²) in [6.07, 6.45) is 16.7. The quantitative estimate of drug-likeness (QED) is 0.121. The highest BCUT2D eigenvalue weighted by molar-refractivity contribution is 5.78. The number of hydrogen-bond donors (Lipinski definition) is 4. The fourth-order valence-corrected chi connectivity index (χ4v) is 8.49. The third kappa shape index (κ3) is 26.3. The second-order valence-corrected chi connectivity index (χ2v) is 14.5. The average molecular weight is 1160 g/mol. The number of rotatable bonds is 0. The van der Waals surface area contributed by atoms with Crippen LogP contribution in [0, 0.1) is 0 Å². The monoisotopic (exact) mass is 1160 g/mol. The smallest absolute Gasteiger partial charge is 0.0658 e. The first-order valence-corrected chi connectivity index (χ1v) is 18.4. The van der Waals surface area contributed by atoms with Crippen molar-refractivity contribution in [2.75, 3.05) is 0 Å². The molecule has 0 fully saturated rings. The Bertz CT molecular complexity index is 2680. The molecule has 16 bridgehead atoms. The third-order valence-corrected chi connectivity index (χ3v) is 10.9. The molecule has 2 aliphatic carbocycles. The Morgan fingerprint density at radius 3 is 0.793 bits per heavy atom. The minimum Gasteiger partial charge on any atom is -0.355 e. The van der Waals surface area contributed by atoms with Crippen molar-refractivity contribution in [3.63, 3.8) is 0 Å². The molecule has 0 saturated heterocycles. The summed E-state index contributed by atoms with van der Waals surface area (Å²) in [4.78, 5) is 33.4. The molecule has 0 unspecified atom stereocenters. The summed E-state index contributed by atoms with van der Waals surface area (Å²) in [6.45, 7) is 0. The van der Waals surface area contributed by atoms with E-state index in [0.717, 1.165) is 119 Å². The molecule has 82 heavy (non-hydrogen) atoms. The van der Waals surface area contributed by atoms with Gasteiger partial charge in [-0.05, 0) is 171 Å². The van der Waals surface area contributed by atoms with Gasteiger partial charge in [0, 0.05) is 66.9 Å². The molecule has 492 valence electrons. The van der Waals surface area contributed by atoms with Crippen LogP contribution < -0.4 is 0 Å². The molecule has 0 radical (unpaired) electrons. The van der Waals surface area contributed by atoms with Gasteiger partial charge in [-0.1, -0.05) is 223 Å². The fraction of sp³-hybridized carbons (Fsp3) is 0.514. The van der Waals surface area contributed by atoms with Crippen LogP contribution in [0.4, 0.5) is 0 Å². The van der Waals surface area contributed by atoms with E-state index in [9.17, 15) is 0 Å². The molecule has 4 N–H and O–H groups in total. The lowest BCUT2D eigenvalue weighted by Crippen LogP contribution is -1.89. The Balaban J connectivity index is -0.0000000381. The van der Waals surface area contributed by atoms with Gasteiger partial charge in [-0.15, -0.1) is 0 Å². The third-order valence-electron chi connectivity index (χ3n) is 10.9. The molecule has 6 aliphatic rings. The van der Waals surface area contributed by atoms with Crippen molar-refractivity contribution in [1.29, 1.82) is 0 Å². The van der Waals surface area contributed by atoms with Crippen LogP contribution in [-0.4, -0.2) is 39.9 Å². The summed E-state index contributed by atoms with van der Waals surface area (Å²) in [5, 5.41) is 0. The van der Waals surface area contributed by atoms with Gasteiger partial charge >= 0.3 is 0 Å². The summed E-state index contributed by atoms with van der Waals surface area (Å²) in [7, 11) is 0. The first kappa shape index (κ1) is 136. The number of aryl methyl sites for hydroxylation is 8. The molecular formula is C74H156N8. The molecular weight excluding hydrogens is 1000 g/mol. The number of nitrogens with one attached hydrogen (secondary N) is 4. The number of aromatic amines is 4. The minimum absolute atomic E-state index is 0. The van der Waals surface area contributed by atoms with Crippen molar-refractivity contribution < 1.29 is 0 Å². The molecule has 4 aliphatic heterocycles. The molecule has 12 rings (SSSR count). The highest BCUT2D eigenvalue weighted by Gasteiger charge is 2.21. The number of fused-ring (bicyclic) bond motifs is 16. The topological polar surface area (TPSA) is 115 Å². The van der Waals surface area contributed by atoms with Gasteiger partial charge in [-0.2, -0.15) is 0 Å². The van der Waals surface area contributed by atoms with E-state index in [1.54, 1.807) is 0 Å². The average Bonchev–Trinajstić information content (AvgIpc) is 3.94. The van der Waals surface area contributed by atoms with Crippen molar-refractivity contribution in [3.8, 4) is 0 Å². The zero-order valence-corrected chi connectivity index (χ0v) is 28.7. The van der Waals surface area contributed by atoms with E-state index in [0.29, 0.717) is 0 Å². The molecule has 0 amide bonds. The number of aromatic nitrogens is 8. The normalized spacial score (nSPS) is 9.46. The maximum Gasteiger partial charge on any atom is 0.0658 e. The summed E-state index contributed by atoms with van der Waals surface area (Å²) >= 11 is 0. The van der Waals surface area contributed by atoms with Gasteiger partial charge < -0.3 is 19.9 Å². The summed E-state index contributed by atoms with van der Waals surface area (Å²) < 4.78 is 0.